The standard InChI is InChI=1S/C20H20FN3O2S/c1-3-18-19(25)24(13-15-4-8-16(21)9-5-15)20(27-18)23-22-12-14-6-10-17(26-2)11-7-14/h4-12,18H,3,13H2,1-2H3/b22-12-,23-20-/t18-/m0/s1. The third-order valence-electron chi connectivity index (χ3n) is 4.11. The Kier molecular flexibility index (Phi) is 6.24. The van der Waals surface area contributed by atoms with E-state index >= 15 is 0 Å². The van der Waals surface area contributed by atoms with Gasteiger partial charge >= 0.3 is 0 Å². The van der Waals surface area contributed by atoms with Crippen LogP contribution in [0.4, 0.5) is 4.39 Å². The minimum atomic E-state index is -0.301. The van der Waals surface area contributed by atoms with Gasteiger partial charge in [0.05, 0.1) is 25.1 Å². The molecule has 1 fully saturated rings. The molecule has 7 heteroatoms. The normalized spacial score (nSPS) is 18.6. The number of carbonyl (C=O) groups is 1. The largest absolute Gasteiger partial charge is 0.497 e. The lowest BCUT2D eigenvalue weighted by molar-refractivity contribution is -0.126. The summed E-state index contributed by atoms with van der Waals surface area (Å²) in [5, 5.41) is 8.78. The van der Waals surface area contributed by atoms with Crippen molar-refractivity contribution in [3.63, 3.8) is 0 Å². The molecular formula is C20H20FN3O2S. The summed E-state index contributed by atoms with van der Waals surface area (Å²) in [6, 6.07) is 13.6. The van der Waals surface area contributed by atoms with Crippen molar-refractivity contribution in [1.82, 2.24) is 4.90 Å². The Morgan fingerprint density at radius 2 is 1.89 bits per heavy atom. The van der Waals surface area contributed by atoms with Crippen molar-refractivity contribution >= 4 is 29.1 Å². The van der Waals surface area contributed by atoms with E-state index in [0.717, 1.165) is 16.9 Å². The van der Waals surface area contributed by atoms with Gasteiger partial charge in [-0.15, -0.1) is 5.10 Å². The van der Waals surface area contributed by atoms with Crippen LogP contribution in [0.25, 0.3) is 0 Å². The van der Waals surface area contributed by atoms with E-state index in [1.54, 1.807) is 30.4 Å². The van der Waals surface area contributed by atoms with Gasteiger partial charge in [0.25, 0.3) is 0 Å². The average molecular weight is 385 g/mol. The molecule has 2 aromatic rings. The van der Waals surface area contributed by atoms with Gasteiger partial charge in [0.15, 0.2) is 5.17 Å². The van der Waals surface area contributed by atoms with Crippen LogP contribution in [0.5, 0.6) is 5.75 Å². The van der Waals surface area contributed by atoms with Crippen molar-refractivity contribution < 1.29 is 13.9 Å². The van der Waals surface area contributed by atoms with E-state index < -0.39 is 0 Å². The number of amides is 1. The first-order valence-corrected chi connectivity index (χ1v) is 9.46. The number of hydrogen-bond donors (Lipinski definition) is 0. The fraction of sp³-hybridized carbons (Fsp3) is 0.250. The third-order valence-corrected chi connectivity index (χ3v) is 5.44. The average Bonchev–Trinajstić information content (AvgIpc) is 2.99. The molecule has 0 radical (unpaired) electrons. The van der Waals surface area contributed by atoms with Crippen molar-refractivity contribution in [3.8, 4) is 5.75 Å². The summed E-state index contributed by atoms with van der Waals surface area (Å²) in [5.41, 5.74) is 1.72. The summed E-state index contributed by atoms with van der Waals surface area (Å²) in [6.45, 7) is 2.31. The van der Waals surface area contributed by atoms with Crippen LogP contribution in [-0.2, 0) is 11.3 Å². The highest BCUT2D eigenvalue weighted by Crippen LogP contribution is 2.30. The van der Waals surface area contributed by atoms with Gasteiger partial charge in [-0.25, -0.2) is 4.39 Å². The first-order valence-electron chi connectivity index (χ1n) is 8.58. The molecule has 0 saturated carbocycles. The number of halogens is 1. The number of thioether (sulfide) groups is 1. The highest BCUT2D eigenvalue weighted by atomic mass is 32.2. The van der Waals surface area contributed by atoms with Gasteiger partial charge in [-0.1, -0.05) is 30.8 Å². The van der Waals surface area contributed by atoms with Crippen molar-refractivity contribution in [1.29, 1.82) is 0 Å². The number of hydrogen-bond acceptors (Lipinski definition) is 5. The predicted molar refractivity (Wildman–Crippen MR) is 107 cm³/mol. The summed E-state index contributed by atoms with van der Waals surface area (Å²) in [4.78, 5) is 14.2. The SMILES string of the molecule is CC[C@@H]1S/C(=N\N=C/c2ccc(OC)cc2)N(Cc2ccc(F)cc2)C1=O. The van der Waals surface area contributed by atoms with Crippen molar-refractivity contribution in [2.24, 2.45) is 10.2 Å². The van der Waals surface area contributed by atoms with E-state index in [1.165, 1.54) is 23.9 Å². The molecule has 0 unspecified atom stereocenters. The number of nitrogens with zero attached hydrogens (tertiary/aromatic N) is 3. The summed E-state index contributed by atoms with van der Waals surface area (Å²) in [7, 11) is 1.61. The molecular weight excluding hydrogens is 365 g/mol. The Labute approximate surface area is 161 Å². The lowest BCUT2D eigenvalue weighted by Gasteiger charge is -2.15. The molecule has 2 aromatic carbocycles. The van der Waals surface area contributed by atoms with Crippen LogP contribution in [0.1, 0.15) is 24.5 Å². The second-order valence-electron chi connectivity index (χ2n) is 5.97. The monoisotopic (exact) mass is 385 g/mol. The molecule has 140 valence electrons. The van der Waals surface area contributed by atoms with E-state index in [9.17, 15) is 9.18 Å². The first kappa shape index (κ1) is 19.1. The van der Waals surface area contributed by atoms with Crippen molar-refractivity contribution in [2.45, 2.75) is 25.1 Å². The van der Waals surface area contributed by atoms with Crippen LogP contribution in [0.2, 0.25) is 0 Å². The van der Waals surface area contributed by atoms with Crippen LogP contribution in [0, 0.1) is 5.82 Å². The first-order chi connectivity index (χ1) is 13.1. The van der Waals surface area contributed by atoms with E-state index in [0.29, 0.717) is 18.1 Å². The Hall–Kier alpha value is -2.67. The minimum Gasteiger partial charge on any atom is -0.497 e. The summed E-state index contributed by atoms with van der Waals surface area (Å²) in [5.74, 6) is 0.474. The number of benzene rings is 2. The molecule has 1 aliphatic rings. The van der Waals surface area contributed by atoms with Crippen LogP contribution in [0.3, 0.4) is 0 Å². The van der Waals surface area contributed by atoms with Crippen LogP contribution < -0.4 is 4.74 Å². The fourth-order valence-corrected chi connectivity index (χ4v) is 3.62. The smallest absolute Gasteiger partial charge is 0.242 e. The zero-order valence-corrected chi connectivity index (χ0v) is 15.9. The Bertz CT molecular complexity index is 851. The van der Waals surface area contributed by atoms with E-state index in [4.69, 9.17) is 4.74 Å². The zero-order chi connectivity index (χ0) is 19.2. The Morgan fingerprint density at radius 3 is 2.52 bits per heavy atom. The molecule has 0 bridgehead atoms. The molecule has 5 nitrogen and oxygen atoms in total. The maximum Gasteiger partial charge on any atom is 0.242 e. The minimum absolute atomic E-state index is 0.00484. The van der Waals surface area contributed by atoms with E-state index in [2.05, 4.69) is 10.2 Å². The second kappa shape index (κ2) is 8.81. The number of rotatable bonds is 6. The third kappa shape index (κ3) is 4.74. The number of ether oxygens (including phenoxy) is 1. The predicted octanol–water partition coefficient (Wildman–Crippen LogP) is 4.08. The van der Waals surface area contributed by atoms with Crippen molar-refractivity contribution in [2.75, 3.05) is 7.11 Å². The number of amidine groups is 1. The molecule has 1 aliphatic heterocycles. The molecule has 3 rings (SSSR count). The van der Waals surface area contributed by atoms with Crippen LogP contribution >= 0.6 is 11.8 Å². The number of carbonyl (C=O) groups excluding carboxylic acids is 1. The number of methoxy groups -OCH3 is 1. The maximum atomic E-state index is 13.1. The molecule has 1 heterocycles. The highest BCUT2D eigenvalue weighted by molar-refractivity contribution is 8.15. The molecule has 1 saturated heterocycles. The molecule has 0 aromatic heterocycles. The van der Waals surface area contributed by atoms with Gasteiger partial charge in [-0.3, -0.25) is 9.69 Å². The molecule has 0 aliphatic carbocycles. The zero-order valence-electron chi connectivity index (χ0n) is 15.1. The highest BCUT2D eigenvalue weighted by Gasteiger charge is 2.36. The molecule has 0 N–H and O–H groups in total. The van der Waals surface area contributed by atoms with Crippen molar-refractivity contribution in [3.05, 3.63) is 65.5 Å². The lowest BCUT2D eigenvalue weighted by Crippen LogP contribution is -2.31. The van der Waals surface area contributed by atoms with Gasteiger partial charge in [0.1, 0.15) is 11.6 Å². The van der Waals surface area contributed by atoms with E-state index in [-0.39, 0.29) is 17.0 Å². The maximum absolute atomic E-state index is 13.1. The summed E-state index contributed by atoms with van der Waals surface area (Å²) < 4.78 is 18.2. The molecule has 27 heavy (non-hydrogen) atoms. The summed E-state index contributed by atoms with van der Waals surface area (Å²) >= 11 is 1.41. The summed E-state index contributed by atoms with van der Waals surface area (Å²) in [6.07, 6.45) is 2.34. The van der Waals surface area contributed by atoms with Crippen LogP contribution in [-0.4, -0.2) is 34.5 Å². The van der Waals surface area contributed by atoms with Crippen LogP contribution in [0.15, 0.2) is 58.7 Å². The topological polar surface area (TPSA) is 54.3 Å². The fourth-order valence-electron chi connectivity index (χ4n) is 2.60. The molecule has 0 spiro atoms. The lowest BCUT2D eigenvalue weighted by atomic mass is 10.2. The van der Waals surface area contributed by atoms with Gasteiger partial charge in [0, 0.05) is 0 Å². The van der Waals surface area contributed by atoms with Gasteiger partial charge < -0.3 is 4.74 Å². The van der Waals surface area contributed by atoms with Gasteiger partial charge in [0.2, 0.25) is 5.91 Å². The Balaban J connectivity index is 1.77. The van der Waals surface area contributed by atoms with E-state index in [1.807, 2.05) is 31.2 Å². The quantitative estimate of drug-likeness (QED) is 0.556. The Morgan fingerprint density at radius 1 is 1.19 bits per heavy atom. The van der Waals surface area contributed by atoms with Gasteiger partial charge in [-0.05, 0) is 53.9 Å². The van der Waals surface area contributed by atoms with Gasteiger partial charge in [-0.2, -0.15) is 5.10 Å². The molecule has 1 atom stereocenters. The molecule has 1 amide bonds. The second-order valence-corrected chi connectivity index (χ2v) is 7.14.